The molecule has 0 radical (unpaired) electrons. The topological polar surface area (TPSA) is 43.4 Å². The highest BCUT2D eigenvalue weighted by molar-refractivity contribution is 9.10. The van der Waals surface area contributed by atoms with E-state index in [0.29, 0.717) is 4.47 Å². The zero-order valence-electron chi connectivity index (χ0n) is 8.78. The Labute approximate surface area is 112 Å². The fourth-order valence-electron chi connectivity index (χ4n) is 1.04. The third-order valence-electron chi connectivity index (χ3n) is 1.82. The predicted octanol–water partition coefficient (Wildman–Crippen LogP) is 3.47. The van der Waals surface area contributed by atoms with Crippen LogP contribution in [0.2, 0.25) is 0 Å². The van der Waals surface area contributed by atoms with Crippen molar-refractivity contribution < 1.29 is 17.5 Å². The molecule has 0 N–H and O–H groups in total. The molecule has 17 heavy (non-hydrogen) atoms. The summed E-state index contributed by atoms with van der Waals surface area (Å²) in [5.74, 6) is -0.733. The molecule has 0 unspecified atom stereocenters. The van der Waals surface area contributed by atoms with Crippen LogP contribution in [0.15, 0.2) is 33.7 Å². The molecule has 0 fully saturated rings. The van der Waals surface area contributed by atoms with Gasteiger partial charge >= 0.3 is 0 Å². The van der Waals surface area contributed by atoms with E-state index in [9.17, 15) is 12.8 Å². The molecule has 0 aliphatic carbocycles. The standard InChI is InChI=1S/C10H9BrClFO3S/c1-2-3-4-16-9-6-8(13)10(5-7(9)11)17(12,14)15/h2-3,5-6H,4H2,1H3/b3-2+. The lowest BCUT2D eigenvalue weighted by Gasteiger charge is -2.08. The zero-order chi connectivity index (χ0) is 13.1. The molecule has 0 aliphatic heterocycles. The van der Waals surface area contributed by atoms with Crippen molar-refractivity contribution in [2.24, 2.45) is 0 Å². The van der Waals surface area contributed by atoms with Crippen LogP contribution >= 0.6 is 26.6 Å². The number of hydrogen-bond acceptors (Lipinski definition) is 3. The Balaban J connectivity index is 3.10. The molecule has 0 aliphatic rings. The van der Waals surface area contributed by atoms with Crippen LogP contribution in [0.25, 0.3) is 0 Å². The summed E-state index contributed by atoms with van der Waals surface area (Å²) in [5.41, 5.74) is 0. The number of halogens is 3. The molecule has 0 atom stereocenters. The summed E-state index contributed by atoms with van der Waals surface area (Å²) in [6.45, 7) is 2.09. The van der Waals surface area contributed by atoms with Gasteiger partial charge in [0.25, 0.3) is 9.05 Å². The van der Waals surface area contributed by atoms with Crippen molar-refractivity contribution in [1.82, 2.24) is 0 Å². The van der Waals surface area contributed by atoms with E-state index in [-0.39, 0.29) is 12.4 Å². The van der Waals surface area contributed by atoms with E-state index < -0.39 is 19.8 Å². The molecule has 1 aromatic carbocycles. The number of hydrogen-bond donors (Lipinski definition) is 0. The average molecular weight is 344 g/mol. The molecule has 7 heteroatoms. The summed E-state index contributed by atoms with van der Waals surface area (Å²) in [7, 11) is 0.974. The summed E-state index contributed by atoms with van der Waals surface area (Å²) in [5, 5.41) is 0. The summed E-state index contributed by atoms with van der Waals surface area (Å²) < 4.78 is 41.0. The van der Waals surface area contributed by atoms with Gasteiger partial charge in [-0.05, 0) is 28.9 Å². The van der Waals surface area contributed by atoms with Crippen molar-refractivity contribution in [3.63, 3.8) is 0 Å². The molecule has 1 aromatic rings. The Morgan fingerprint density at radius 2 is 2.18 bits per heavy atom. The monoisotopic (exact) mass is 342 g/mol. The van der Waals surface area contributed by atoms with Crippen LogP contribution < -0.4 is 4.74 Å². The Bertz CT molecular complexity index is 543. The SMILES string of the molecule is C/C=C/COc1cc(F)c(S(=O)(=O)Cl)cc1Br. The highest BCUT2D eigenvalue weighted by Crippen LogP contribution is 2.31. The molecule has 0 heterocycles. The van der Waals surface area contributed by atoms with Gasteiger partial charge in [0, 0.05) is 16.7 Å². The lowest BCUT2D eigenvalue weighted by atomic mass is 10.3. The predicted molar refractivity (Wildman–Crippen MR) is 67.4 cm³/mol. The molecule has 94 valence electrons. The van der Waals surface area contributed by atoms with Crippen LogP contribution in [-0.2, 0) is 9.05 Å². The molecular weight excluding hydrogens is 335 g/mol. The number of ether oxygens (including phenoxy) is 1. The van der Waals surface area contributed by atoms with Gasteiger partial charge in [0.1, 0.15) is 23.1 Å². The Hall–Kier alpha value is -0.590. The third kappa shape index (κ3) is 3.97. The van der Waals surface area contributed by atoms with Crippen LogP contribution in [0.1, 0.15) is 6.92 Å². The van der Waals surface area contributed by atoms with Crippen LogP contribution in [0.4, 0.5) is 4.39 Å². The van der Waals surface area contributed by atoms with Gasteiger partial charge in [0.05, 0.1) is 4.47 Å². The summed E-state index contributed by atoms with van der Waals surface area (Å²) >= 11 is 3.09. The van der Waals surface area contributed by atoms with Gasteiger partial charge in [0.2, 0.25) is 0 Å². The quantitative estimate of drug-likeness (QED) is 0.621. The average Bonchev–Trinajstić information content (AvgIpc) is 2.21. The maximum absolute atomic E-state index is 13.5. The van der Waals surface area contributed by atoms with E-state index in [1.807, 2.05) is 6.92 Å². The number of benzene rings is 1. The maximum Gasteiger partial charge on any atom is 0.264 e. The minimum absolute atomic E-state index is 0.213. The Morgan fingerprint density at radius 1 is 1.53 bits per heavy atom. The van der Waals surface area contributed by atoms with E-state index in [4.69, 9.17) is 15.4 Å². The van der Waals surface area contributed by atoms with E-state index in [0.717, 1.165) is 12.1 Å². The van der Waals surface area contributed by atoms with Crippen molar-refractivity contribution in [2.75, 3.05) is 6.61 Å². The maximum atomic E-state index is 13.5. The van der Waals surface area contributed by atoms with Gasteiger partial charge in [0.15, 0.2) is 0 Å². The highest BCUT2D eigenvalue weighted by Gasteiger charge is 2.19. The second-order valence-corrected chi connectivity index (χ2v) is 6.42. The lowest BCUT2D eigenvalue weighted by Crippen LogP contribution is -1.99. The largest absolute Gasteiger partial charge is 0.488 e. The van der Waals surface area contributed by atoms with Crippen molar-refractivity contribution in [2.45, 2.75) is 11.8 Å². The smallest absolute Gasteiger partial charge is 0.264 e. The first-order chi connectivity index (χ1) is 7.86. The van der Waals surface area contributed by atoms with E-state index >= 15 is 0 Å². The molecule has 0 spiro atoms. The van der Waals surface area contributed by atoms with Gasteiger partial charge in [-0.15, -0.1) is 0 Å². The van der Waals surface area contributed by atoms with Gasteiger partial charge in [-0.2, -0.15) is 0 Å². The third-order valence-corrected chi connectivity index (χ3v) is 3.78. The molecular formula is C10H9BrClFO3S. The van der Waals surface area contributed by atoms with Crippen molar-refractivity contribution in [3.8, 4) is 5.75 Å². The first-order valence-corrected chi connectivity index (χ1v) is 7.64. The summed E-state index contributed by atoms with van der Waals surface area (Å²) in [4.78, 5) is -0.579. The Morgan fingerprint density at radius 3 is 2.71 bits per heavy atom. The first kappa shape index (κ1) is 14.5. The Kier molecular flexibility index (Phi) is 4.97. The summed E-state index contributed by atoms with van der Waals surface area (Å²) in [6.07, 6.45) is 3.51. The van der Waals surface area contributed by atoms with Crippen LogP contribution in [-0.4, -0.2) is 15.0 Å². The zero-order valence-corrected chi connectivity index (χ0v) is 11.9. The van der Waals surface area contributed by atoms with Crippen molar-refractivity contribution in [3.05, 3.63) is 34.6 Å². The molecule has 0 bridgehead atoms. The number of allylic oxidation sites excluding steroid dienone is 1. The van der Waals surface area contributed by atoms with Gasteiger partial charge in [-0.3, -0.25) is 0 Å². The number of rotatable bonds is 4. The van der Waals surface area contributed by atoms with E-state index in [1.165, 1.54) is 0 Å². The first-order valence-electron chi connectivity index (χ1n) is 4.54. The van der Waals surface area contributed by atoms with Gasteiger partial charge < -0.3 is 4.74 Å². The van der Waals surface area contributed by atoms with Gasteiger partial charge in [-0.25, -0.2) is 12.8 Å². The molecule has 3 nitrogen and oxygen atoms in total. The van der Waals surface area contributed by atoms with E-state index in [1.54, 1.807) is 12.2 Å². The molecule has 1 rings (SSSR count). The minimum atomic E-state index is -4.10. The second-order valence-electron chi connectivity index (χ2n) is 3.03. The normalized spacial score (nSPS) is 12.0. The summed E-state index contributed by atoms with van der Waals surface area (Å²) in [6, 6.07) is 2.05. The molecule has 0 amide bonds. The van der Waals surface area contributed by atoms with Crippen LogP contribution in [0.5, 0.6) is 5.75 Å². The molecule has 0 aromatic heterocycles. The van der Waals surface area contributed by atoms with Crippen LogP contribution in [0.3, 0.4) is 0 Å². The van der Waals surface area contributed by atoms with E-state index in [2.05, 4.69) is 15.9 Å². The van der Waals surface area contributed by atoms with Crippen molar-refractivity contribution >= 4 is 35.7 Å². The minimum Gasteiger partial charge on any atom is -0.488 e. The van der Waals surface area contributed by atoms with Crippen molar-refractivity contribution in [1.29, 1.82) is 0 Å². The molecule has 0 saturated heterocycles. The van der Waals surface area contributed by atoms with Gasteiger partial charge in [-0.1, -0.05) is 12.2 Å². The second kappa shape index (κ2) is 5.84. The highest BCUT2D eigenvalue weighted by atomic mass is 79.9. The fourth-order valence-corrected chi connectivity index (χ4v) is 2.56. The fraction of sp³-hybridized carbons (Fsp3) is 0.200. The molecule has 0 saturated carbocycles. The lowest BCUT2D eigenvalue weighted by molar-refractivity contribution is 0.357. The van der Waals surface area contributed by atoms with Crippen LogP contribution in [0, 0.1) is 5.82 Å².